The molecule has 0 radical (unpaired) electrons. The van der Waals surface area contributed by atoms with Crippen LogP contribution in [0.15, 0.2) is 0 Å². The molecule has 0 saturated carbocycles. The number of halogens is 1. The third-order valence-corrected chi connectivity index (χ3v) is 1.48. The van der Waals surface area contributed by atoms with E-state index in [4.69, 9.17) is 4.89 Å². The quantitative estimate of drug-likeness (QED) is 0.563. The van der Waals surface area contributed by atoms with Crippen molar-refractivity contribution in [2.75, 3.05) is 0 Å². The second-order valence-corrected chi connectivity index (χ2v) is 3.32. The minimum Gasteiger partial charge on any atom is -0.346 e. The van der Waals surface area contributed by atoms with E-state index in [0.717, 1.165) is 0 Å². The van der Waals surface area contributed by atoms with E-state index in [-0.39, 0.29) is 18.1 Å². The Bertz CT molecular complexity index is 64.0. The normalized spacial score (nSPS) is 13.1. The lowest BCUT2D eigenvalue weighted by Gasteiger charge is -1.91. The molecule has 0 aliphatic heterocycles. The predicted octanol–water partition coefficient (Wildman–Crippen LogP) is 1.28. The van der Waals surface area contributed by atoms with Gasteiger partial charge >= 0.3 is 0 Å². The highest BCUT2D eigenvalue weighted by molar-refractivity contribution is 7.38. The van der Waals surface area contributed by atoms with Crippen molar-refractivity contribution in [3.8, 4) is 0 Å². The number of hydrogen-bond donors (Lipinski definition) is 1. The summed E-state index contributed by atoms with van der Waals surface area (Å²) in [6.45, 7) is 3.45. The topological polar surface area (TPSA) is 37.3 Å². The van der Waals surface area contributed by atoms with Gasteiger partial charge in [-0.25, -0.2) is 0 Å². The highest BCUT2D eigenvalue weighted by Crippen LogP contribution is 2.19. The SMILES string of the molecule is CC(C)[PH](=O)O.Cl. The molecule has 0 amide bonds. The maximum absolute atomic E-state index is 9.88. The van der Waals surface area contributed by atoms with Gasteiger partial charge in [-0.15, -0.1) is 12.4 Å². The Balaban J connectivity index is 0. The molecule has 0 aliphatic carbocycles. The van der Waals surface area contributed by atoms with E-state index in [2.05, 4.69) is 0 Å². The third-order valence-electron chi connectivity index (χ3n) is 0.494. The summed E-state index contributed by atoms with van der Waals surface area (Å²) in [5, 5.41) is 0. The minimum absolute atomic E-state index is 0. The minimum atomic E-state index is -2.20. The maximum atomic E-state index is 9.88. The van der Waals surface area contributed by atoms with Crippen molar-refractivity contribution in [3.63, 3.8) is 0 Å². The van der Waals surface area contributed by atoms with Crippen LogP contribution in [0, 0.1) is 0 Å². The lowest BCUT2D eigenvalue weighted by Crippen LogP contribution is -1.81. The predicted molar refractivity (Wildman–Crippen MR) is 33.6 cm³/mol. The van der Waals surface area contributed by atoms with Crippen LogP contribution >= 0.6 is 20.4 Å². The Morgan fingerprint density at radius 1 is 1.57 bits per heavy atom. The van der Waals surface area contributed by atoms with Gasteiger partial charge in [0.15, 0.2) is 8.03 Å². The van der Waals surface area contributed by atoms with Gasteiger partial charge < -0.3 is 4.89 Å². The summed E-state index contributed by atoms with van der Waals surface area (Å²) in [5.41, 5.74) is -0.0463. The van der Waals surface area contributed by atoms with Crippen molar-refractivity contribution in [1.29, 1.82) is 0 Å². The van der Waals surface area contributed by atoms with Gasteiger partial charge in [-0.2, -0.15) is 0 Å². The largest absolute Gasteiger partial charge is 0.346 e. The first-order valence-corrected chi connectivity index (χ1v) is 3.30. The molecule has 1 atom stereocenters. The molecule has 0 rings (SSSR count). The molecule has 2 nitrogen and oxygen atoms in total. The molecule has 0 heterocycles. The van der Waals surface area contributed by atoms with Crippen LogP contribution in [0.2, 0.25) is 0 Å². The first-order valence-electron chi connectivity index (χ1n) is 1.87. The molecule has 0 aromatic rings. The van der Waals surface area contributed by atoms with Crippen molar-refractivity contribution in [3.05, 3.63) is 0 Å². The lowest BCUT2D eigenvalue weighted by molar-refractivity contribution is 0.495. The van der Waals surface area contributed by atoms with Crippen LogP contribution in [0.1, 0.15) is 13.8 Å². The van der Waals surface area contributed by atoms with Crippen LogP contribution in [-0.4, -0.2) is 10.6 Å². The Hall–Kier alpha value is 0.480. The van der Waals surface area contributed by atoms with Crippen LogP contribution in [0.5, 0.6) is 0 Å². The molecule has 0 bridgehead atoms. The van der Waals surface area contributed by atoms with Crippen LogP contribution in [0.25, 0.3) is 0 Å². The molecule has 0 aromatic carbocycles. The van der Waals surface area contributed by atoms with E-state index in [1.165, 1.54) is 0 Å². The molecule has 1 N–H and O–H groups in total. The molecule has 0 aromatic heterocycles. The summed E-state index contributed by atoms with van der Waals surface area (Å²) in [6.07, 6.45) is 0. The van der Waals surface area contributed by atoms with E-state index >= 15 is 0 Å². The Labute approximate surface area is 50.2 Å². The Morgan fingerprint density at radius 2 is 1.71 bits per heavy atom. The summed E-state index contributed by atoms with van der Waals surface area (Å²) in [4.78, 5) is 8.18. The van der Waals surface area contributed by atoms with Gasteiger partial charge in [0.2, 0.25) is 0 Å². The fraction of sp³-hybridized carbons (Fsp3) is 1.00. The molecule has 0 saturated heterocycles. The zero-order valence-corrected chi connectivity index (χ0v) is 6.16. The van der Waals surface area contributed by atoms with Crippen molar-refractivity contribution in [2.24, 2.45) is 0 Å². The zero-order chi connectivity index (χ0) is 5.15. The molecule has 0 aliphatic rings. The second-order valence-electron chi connectivity index (χ2n) is 1.49. The Kier molecular flexibility index (Phi) is 6.92. The van der Waals surface area contributed by atoms with Crippen LogP contribution in [-0.2, 0) is 4.57 Å². The summed E-state index contributed by atoms with van der Waals surface area (Å²) < 4.78 is 9.88. The van der Waals surface area contributed by atoms with E-state index < -0.39 is 8.03 Å². The first kappa shape index (κ1) is 10.5. The standard InChI is InChI=1S/C3H9O2P.ClH/c1-3(2)6(4)5;/h3,6H,1-2H3,(H,4,5);1H. The average molecular weight is 145 g/mol. The summed E-state index contributed by atoms with van der Waals surface area (Å²) >= 11 is 0. The van der Waals surface area contributed by atoms with Gasteiger partial charge in [-0.3, -0.25) is 4.57 Å². The van der Waals surface area contributed by atoms with Gasteiger partial charge in [0.25, 0.3) is 0 Å². The van der Waals surface area contributed by atoms with E-state index in [1.54, 1.807) is 13.8 Å². The molecule has 46 valence electrons. The van der Waals surface area contributed by atoms with Crippen LogP contribution in [0.4, 0.5) is 0 Å². The number of rotatable bonds is 1. The van der Waals surface area contributed by atoms with Crippen LogP contribution < -0.4 is 0 Å². The monoisotopic (exact) mass is 144 g/mol. The molecular weight excluding hydrogens is 134 g/mol. The lowest BCUT2D eigenvalue weighted by atomic mass is 10.6. The van der Waals surface area contributed by atoms with Gasteiger partial charge in [0, 0.05) is 5.66 Å². The molecule has 4 heteroatoms. The highest BCUT2D eigenvalue weighted by Gasteiger charge is 1.95. The van der Waals surface area contributed by atoms with E-state index in [0.29, 0.717) is 0 Å². The first-order chi connectivity index (χ1) is 2.64. The number of hydrogen-bond acceptors (Lipinski definition) is 1. The molecule has 7 heavy (non-hydrogen) atoms. The third kappa shape index (κ3) is 6.48. The fourth-order valence-electron chi connectivity index (χ4n) is 0. The average Bonchev–Trinajstić information content (AvgIpc) is 1.36. The Morgan fingerprint density at radius 3 is 1.71 bits per heavy atom. The van der Waals surface area contributed by atoms with E-state index in [9.17, 15) is 4.57 Å². The van der Waals surface area contributed by atoms with Crippen LogP contribution in [0.3, 0.4) is 0 Å². The molecule has 0 spiro atoms. The summed E-state index contributed by atoms with van der Waals surface area (Å²) in [7, 11) is -2.20. The second kappa shape index (κ2) is 4.63. The van der Waals surface area contributed by atoms with Crippen molar-refractivity contribution < 1.29 is 9.46 Å². The zero-order valence-electron chi connectivity index (χ0n) is 4.34. The highest BCUT2D eigenvalue weighted by atomic mass is 35.5. The summed E-state index contributed by atoms with van der Waals surface area (Å²) in [6, 6.07) is 0. The maximum Gasteiger partial charge on any atom is 0.191 e. The summed E-state index contributed by atoms with van der Waals surface area (Å²) in [5.74, 6) is 0. The van der Waals surface area contributed by atoms with Crippen molar-refractivity contribution in [1.82, 2.24) is 0 Å². The van der Waals surface area contributed by atoms with Crippen molar-refractivity contribution >= 4 is 20.4 Å². The van der Waals surface area contributed by atoms with Gasteiger partial charge in [0.1, 0.15) is 0 Å². The van der Waals surface area contributed by atoms with Gasteiger partial charge in [0.05, 0.1) is 0 Å². The molecular formula is C3H10ClO2P. The molecule has 0 fully saturated rings. The van der Waals surface area contributed by atoms with Gasteiger partial charge in [-0.05, 0) is 0 Å². The van der Waals surface area contributed by atoms with Gasteiger partial charge in [-0.1, -0.05) is 13.8 Å². The van der Waals surface area contributed by atoms with E-state index in [1.807, 2.05) is 0 Å². The molecule has 1 unspecified atom stereocenters. The smallest absolute Gasteiger partial charge is 0.191 e. The fourth-order valence-corrected chi connectivity index (χ4v) is 0. The van der Waals surface area contributed by atoms with Crippen molar-refractivity contribution in [2.45, 2.75) is 19.5 Å².